The van der Waals surface area contributed by atoms with Crippen molar-refractivity contribution >= 4 is 11.7 Å². The minimum Gasteiger partial charge on any atom is -0.478 e. The highest BCUT2D eigenvalue weighted by molar-refractivity contribution is 5.76. The maximum Gasteiger partial charge on any atom is 0.223 e. The molecule has 0 fully saturated rings. The lowest BCUT2D eigenvalue weighted by Gasteiger charge is -2.11. The molecule has 1 heterocycles. The first-order valence-electron chi connectivity index (χ1n) is 5.95. The van der Waals surface area contributed by atoms with Crippen molar-refractivity contribution in [2.75, 3.05) is 32.6 Å². The normalized spacial score (nSPS) is 10.0. The van der Waals surface area contributed by atoms with E-state index in [-0.39, 0.29) is 5.91 Å². The molecule has 1 aromatic rings. The fourth-order valence-electron chi connectivity index (χ4n) is 1.37. The van der Waals surface area contributed by atoms with Gasteiger partial charge in [-0.2, -0.15) is 4.98 Å². The number of amides is 1. The maximum atomic E-state index is 11.4. The van der Waals surface area contributed by atoms with E-state index >= 15 is 0 Å². The first kappa shape index (κ1) is 14.2. The Morgan fingerprint density at radius 2 is 2.17 bits per heavy atom. The molecular weight excluding hydrogens is 232 g/mol. The Balaban J connectivity index is 2.54. The molecule has 6 nitrogen and oxygen atoms in total. The van der Waals surface area contributed by atoms with Crippen molar-refractivity contribution in [3.05, 3.63) is 11.9 Å². The predicted octanol–water partition coefficient (Wildman–Crippen LogP) is 1.07. The topological polar surface area (TPSA) is 67.3 Å². The number of hydrogen-bond donors (Lipinski definition) is 1. The van der Waals surface area contributed by atoms with Crippen LogP contribution >= 0.6 is 0 Å². The van der Waals surface area contributed by atoms with Gasteiger partial charge in [-0.25, -0.2) is 4.98 Å². The van der Waals surface area contributed by atoms with Crippen molar-refractivity contribution in [2.45, 2.75) is 20.3 Å². The van der Waals surface area contributed by atoms with E-state index in [9.17, 15) is 4.79 Å². The van der Waals surface area contributed by atoms with Crippen LogP contribution in [0, 0.1) is 6.92 Å². The number of anilines is 1. The molecule has 0 aliphatic rings. The maximum absolute atomic E-state index is 11.4. The van der Waals surface area contributed by atoms with Crippen LogP contribution < -0.4 is 10.1 Å². The zero-order valence-corrected chi connectivity index (χ0v) is 11.4. The van der Waals surface area contributed by atoms with Gasteiger partial charge in [0.15, 0.2) is 0 Å². The fraction of sp³-hybridized carbons (Fsp3) is 0.583. The Morgan fingerprint density at radius 3 is 2.78 bits per heavy atom. The van der Waals surface area contributed by atoms with Crippen LogP contribution in [0.5, 0.6) is 5.88 Å². The molecule has 1 aromatic heterocycles. The molecule has 0 radical (unpaired) electrons. The van der Waals surface area contributed by atoms with Crippen LogP contribution in [-0.4, -0.2) is 48.0 Å². The molecule has 18 heavy (non-hydrogen) atoms. The summed E-state index contributed by atoms with van der Waals surface area (Å²) in [5, 5.41) is 3.09. The van der Waals surface area contributed by atoms with E-state index in [1.54, 1.807) is 32.0 Å². The highest BCUT2D eigenvalue weighted by Crippen LogP contribution is 2.13. The van der Waals surface area contributed by atoms with E-state index in [1.807, 2.05) is 6.92 Å². The van der Waals surface area contributed by atoms with Crippen molar-refractivity contribution in [3.63, 3.8) is 0 Å². The van der Waals surface area contributed by atoms with E-state index in [0.29, 0.717) is 37.1 Å². The zero-order chi connectivity index (χ0) is 13.5. The van der Waals surface area contributed by atoms with Crippen molar-refractivity contribution in [3.8, 4) is 5.88 Å². The SMILES string of the molecule is CCOc1cc(NCCC(=O)N(C)C)nc(C)n1. The number of nitrogens with zero attached hydrogens (tertiary/aromatic N) is 3. The van der Waals surface area contributed by atoms with Crippen molar-refractivity contribution in [2.24, 2.45) is 0 Å². The summed E-state index contributed by atoms with van der Waals surface area (Å²) >= 11 is 0. The third-order valence-corrected chi connectivity index (χ3v) is 2.25. The van der Waals surface area contributed by atoms with Gasteiger partial charge in [-0.15, -0.1) is 0 Å². The van der Waals surface area contributed by atoms with Gasteiger partial charge in [0.1, 0.15) is 11.6 Å². The monoisotopic (exact) mass is 252 g/mol. The predicted molar refractivity (Wildman–Crippen MR) is 69.7 cm³/mol. The minimum atomic E-state index is 0.0818. The Kier molecular flexibility index (Phi) is 5.35. The van der Waals surface area contributed by atoms with E-state index in [4.69, 9.17) is 4.74 Å². The average Bonchev–Trinajstić information content (AvgIpc) is 2.28. The van der Waals surface area contributed by atoms with E-state index < -0.39 is 0 Å². The third kappa shape index (κ3) is 4.57. The van der Waals surface area contributed by atoms with Crippen LogP contribution in [0.15, 0.2) is 6.07 Å². The van der Waals surface area contributed by atoms with Crippen molar-refractivity contribution < 1.29 is 9.53 Å². The molecule has 1 rings (SSSR count). The standard InChI is InChI=1S/C12H20N4O2/c1-5-18-11-8-10(14-9(2)15-11)13-7-6-12(17)16(3)4/h8H,5-7H2,1-4H3,(H,13,14,15). The molecule has 0 aliphatic carbocycles. The second-order valence-corrected chi connectivity index (χ2v) is 4.04. The summed E-state index contributed by atoms with van der Waals surface area (Å²) in [7, 11) is 3.48. The van der Waals surface area contributed by atoms with Crippen molar-refractivity contribution in [1.82, 2.24) is 14.9 Å². The third-order valence-electron chi connectivity index (χ3n) is 2.25. The van der Waals surface area contributed by atoms with Crippen molar-refractivity contribution in [1.29, 1.82) is 0 Å². The average molecular weight is 252 g/mol. The van der Waals surface area contributed by atoms with Gasteiger partial charge in [-0.1, -0.05) is 0 Å². The first-order valence-corrected chi connectivity index (χ1v) is 5.95. The van der Waals surface area contributed by atoms with Gasteiger partial charge in [-0.05, 0) is 13.8 Å². The van der Waals surface area contributed by atoms with Crippen LogP contribution in [-0.2, 0) is 4.79 Å². The van der Waals surface area contributed by atoms with Crippen LogP contribution in [0.1, 0.15) is 19.2 Å². The number of carbonyl (C=O) groups excluding carboxylic acids is 1. The van der Waals surface area contributed by atoms with Gasteiger partial charge in [-0.3, -0.25) is 4.79 Å². The molecule has 0 saturated carbocycles. The molecule has 0 aliphatic heterocycles. The molecule has 0 spiro atoms. The number of nitrogens with one attached hydrogen (secondary N) is 1. The lowest BCUT2D eigenvalue weighted by molar-refractivity contribution is -0.128. The van der Waals surface area contributed by atoms with Gasteiger partial charge in [0.05, 0.1) is 6.61 Å². The summed E-state index contributed by atoms with van der Waals surface area (Å²) in [5.41, 5.74) is 0. The van der Waals surface area contributed by atoms with E-state index in [2.05, 4.69) is 15.3 Å². The second-order valence-electron chi connectivity index (χ2n) is 4.04. The molecule has 100 valence electrons. The van der Waals surface area contributed by atoms with Gasteiger partial charge >= 0.3 is 0 Å². The van der Waals surface area contributed by atoms with Crippen LogP contribution in [0.25, 0.3) is 0 Å². The molecule has 1 N–H and O–H groups in total. The Hall–Kier alpha value is -1.85. The zero-order valence-electron chi connectivity index (χ0n) is 11.4. The summed E-state index contributed by atoms with van der Waals surface area (Å²) in [6, 6.07) is 1.73. The number of ether oxygens (including phenoxy) is 1. The van der Waals surface area contributed by atoms with Crippen LogP contribution in [0.3, 0.4) is 0 Å². The minimum absolute atomic E-state index is 0.0818. The van der Waals surface area contributed by atoms with Gasteiger partial charge in [0, 0.05) is 33.1 Å². The summed E-state index contributed by atoms with van der Waals surface area (Å²) in [5.74, 6) is 1.95. The Morgan fingerprint density at radius 1 is 1.44 bits per heavy atom. The highest BCUT2D eigenvalue weighted by atomic mass is 16.5. The molecule has 0 aromatic carbocycles. The van der Waals surface area contributed by atoms with Gasteiger partial charge < -0.3 is 15.0 Å². The molecule has 0 saturated heterocycles. The number of hydrogen-bond acceptors (Lipinski definition) is 5. The number of rotatable bonds is 6. The van der Waals surface area contributed by atoms with Gasteiger partial charge in [0.25, 0.3) is 0 Å². The molecule has 0 unspecified atom stereocenters. The molecule has 1 amide bonds. The van der Waals surface area contributed by atoms with E-state index in [0.717, 1.165) is 0 Å². The lowest BCUT2D eigenvalue weighted by Crippen LogP contribution is -2.24. The van der Waals surface area contributed by atoms with Crippen LogP contribution in [0.4, 0.5) is 5.82 Å². The van der Waals surface area contributed by atoms with Gasteiger partial charge in [0.2, 0.25) is 11.8 Å². The summed E-state index contributed by atoms with van der Waals surface area (Å²) in [6.07, 6.45) is 0.431. The molecule has 0 atom stereocenters. The second kappa shape index (κ2) is 6.78. The Labute approximate surface area is 107 Å². The van der Waals surface area contributed by atoms with E-state index in [1.165, 1.54) is 0 Å². The molecule has 0 bridgehead atoms. The summed E-state index contributed by atoms with van der Waals surface area (Å²) in [4.78, 5) is 21.3. The summed E-state index contributed by atoms with van der Waals surface area (Å²) < 4.78 is 5.33. The number of aromatic nitrogens is 2. The molecular formula is C12H20N4O2. The Bertz CT molecular complexity index is 407. The van der Waals surface area contributed by atoms with Crippen LogP contribution in [0.2, 0.25) is 0 Å². The largest absolute Gasteiger partial charge is 0.478 e. The smallest absolute Gasteiger partial charge is 0.223 e. The highest BCUT2D eigenvalue weighted by Gasteiger charge is 2.05. The fourth-order valence-corrected chi connectivity index (χ4v) is 1.37. The first-order chi connectivity index (χ1) is 8.52. The molecule has 6 heteroatoms. The quantitative estimate of drug-likeness (QED) is 0.820. The number of carbonyl (C=O) groups is 1. The number of aryl methyl sites for hydroxylation is 1. The lowest BCUT2D eigenvalue weighted by atomic mass is 10.3. The summed E-state index contributed by atoms with van der Waals surface area (Å²) in [6.45, 7) is 4.81.